The molecule has 156 valence electrons. The lowest BCUT2D eigenvalue weighted by Gasteiger charge is -2.63. The molecule has 3 aliphatic carbocycles. The fourth-order valence-electron chi connectivity index (χ4n) is 6.47. The van der Waals surface area contributed by atoms with Crippen LogP contribution >= 0.6 is 0 Å². The van der Waals surface area contributed by atoms with Gasteiger partial charge in [0.25, 0.3) is 0 Å². The van der Waals surface area contributed by atoms with E-state index in [0.717, 1.165) is 29.2 Å². The molecule has 0 unspecified atom stereocenters. The van der Waals surface area contributed by atoms with Crippen molar-refractivity contribution >= 4 is 5.71 Å². The zero-order valence-electron chi connectivity index (χ0n) is 17.8. The molecule has 30 heavy (non-hydrogen) atoms. The lowest BCUT2D eigenvalue weighted by Crippen LogP contribution is -2.65. The minimum absolute atomic E-state index is 0.0995. The predicted molar refractivity (Wildman–Crippen MR) is 115 cm³/mol. The number of ether oxygens (including phenoxy) is 2. The average molecular weight is 404 g/mol. The molecule has 2 bridgehead atoms. The molecule has 4 fully saturated rings. The number of oxime groups is 1. The van der Waals surface area contributed by atoms with E-state index < -0.39 is 0 Å². The Labute approximate surface area is 178 Å². The number of benzene rings is 2. The van der Waals surface area contributed by atoms with E-state index in [4.69, 9.17) is 14.3 Å². The standard InChI is InChI=1S/C26H29NO3/c1-25(2)18-14-19(25)26(3)20(15-18)28-24(29-26)21-22(16-10-6-4-7-11-16)27-30-23(21)17-12-8-5-9-13-17/h4-13,18-21,23-24H,14-15H2,1-3H3/t18-,19-,20+,21+,23-,24+,26-/m1/s1. The van der Waals surface area contributed by atoms with Crippen LogP contribution in [-0.2, 0) is 14.3 Å². The lowest BCUT2D eigenvalue weighted by molar-refractivity contribution is -0.212. The van der Waals surface area contributed by atoms with E-state index in [2.05, 4.69) is 50.2 Å². The van der Waals surface area contributed by atoms with Crippen LogP contribution < -0.4 is 0 Å². The third-order valence-electron chi connectivity index (χ3n) is 8.37. The first kappa shape index (κ1) is 18.6. The van der Waals surface area contributed by atoms with Gasteiger partial charge in [0.05, 0.1) is 17.4 Å². The lowest BCUT2D eigenvalue weighted by atomic mass is 9.43. The Morgan fingerprint density at radius 3 is 2.30 bits per heavy atom. The highest BCUT2D eigenvalue weighted by molar-refractivity contribution is 6.03. The van der Waals surface area contributed by atoms with Crippen molar-refractivity contribution in [3.8, 4) is 0 Å². The SMILES string of the molecule is CC1(C)[C@H]2C[C@@H]3O[C@H]([C@H]4C(c5ccccc5)=NO[C@@H]4c4ccccc4)O[C@]3(C)[C@@H]1C2. The molecule has 5 aliphatic rings. The van der Waals surface area contributed by atoms with Gasteiger partial charge >= 0.3 is 0 Å². The van der Waals surface area contributed by atoms with E-state index in [-0.39, 0.29) is 30.0 Å². The maximum Gasteiger partial charge on any atom is 0.171 e. The quantitative estimate of drug-likeness (QED) is 0.694. The van der Waals surface area contributed by atoms with Gasteiger partial charge in [0.1, 0.15) is 5.92 Å². The Bertz CT molecular complexity index is 972. The highest BCUT2D eigenvalue weighted by Crippen LogP contribution is 2.66. The van der Waals surface area contributed by atoms with Crippen molar-refractivity contribution < 1.29 is 14.3 Å². The molecule has 2 aromatic rings. The Morgan fingerprint density at radius 1 is 0.900 bits per heavy atom. The van der Waals surface area contributed by atoms with Crippen LogP contribution in [0.1, 0.15) is 50.8 Å². The minimum atomic E-state index is -0.359. The van der Waals surface area contributed by atoms with Crippen LogP contribution in [-0.4, -0.2) is 23.7 Å². The summed E-state index contributed by atoms with van der Waals surface area (Å²) in [5.74, 6) is 1.17. The number of rotatable bonds is 3. The van der Waals surface area contributed by atoms with Crippen LogP contribution in [0.5, 0.6) is 0 Å². The van der Waals surface area contributed by atoms with Crippen LogP contribution in [0.3, 0.4) is 0 Å². The van der Waals surface area contributed by atoms with Crippen LogP contribution in [0.25, 0.3) is 0 Å². The average Bonchev–Trinajstić information content (AvgIpc) is 3.35. The molecular weight excluding hydrogens is 374 g/mol. The molecule has 0 radical (unpaired) electrons. The van der Waals surface area contributed by atoms with Gasteiger partial charge in [-0.05, 0) is 48.1 Å². The van der Waals surface area contributed by atoms with Gasteiger partial charge in [-0.1, -0.05) is 79.7 Å². The minimum Gasteiger partial charge on any atom is -0.386 e. The van der Waals surface area contributed by atoms with E-state index in [1.807, 2.05) is 36.4 Å². The van der Waals surface area contributed by atoms with Gasteiger partial charge in [0.15, 0.2) is 12.4 Å². The van der Waals surface area contributed by atoms with Gasteiger partial charge in [0, 0.05) is 0 Å². The van der Waals surface area contributed by atoms with E-state index in [9.17, 15) is 0 Å². The zero-order chi connectivity index (χ0) is 20.5. The van der Waals surface area contributed by atoms with Gasteiger partial charge in [-0.2, -0.15) is 0 Å². The van der Waals surface area contributed by atoms with Gasteiger partial charge in [-0.25, -0.2) is 0 Å². The molecule has 0 N–H and O–H groups in total. The molecule has 1 saturated heterocycles. The summed E-state index contributed by atoms with van der Waals surface area (Å²) in [6, 6.07) is 20.6. The first-order valence-electron chi connectivity index (χ1n) is 11.2. The molecule has 2 aromatic carbocycles. The van der Waals surface area contributed by atoms with Crippen molar-refractivity contribution in [2.24, 2.45) is 28.3 Å². The number of hydrogen-bond acceptors (Lipinski definition) is 4. The summed E-state index contributed by atoms with van der Waals surface area (Å²) < 4.78 is 13.5. The number of hydrogen-bond donors (Lipinski definition) is 0. The van der Waals surface area contributed by atoms with Crippen molar-refractivity contribution in [2.45, 2.75) is 57.7 Å². The van der Waals surface area contributed by atoms with E-state index in [1.54, 1.807) is 0 Å². The predicted octanol–water partition coefficient (Wildman–Crippen LogP) is 5.34. The summed E-state index contributed by atoms with van der Waals surface area (Å²) in [5, 5.41) is 4.54. The molecule has 0 amide bonds. The Balaban J connectivity index is 1.37. The van der Waals surface area contributed by atoms with Gasteiger partial charge in [-0.3, -0.25) is 0 Å². The highest BCUT2D eigenvalue weighted by atomic mass is 16.7. The summed E-state index contributed by atoms with van der Waals surface area (Å²) in [6.07, 6.45) is 1.91. The fraction of sp³-hybridized carbons (Fsp3) is 0.500. The highest BCUT2D eigenvalue weighted by Gasteiger charge is 2.68. The van der Waals surface area contributed by atoms with Gasteiger partial charge < -0.3 is 14.3 Å². The van der Waals surface area contributed by atoms with E-state index in [1.165, 1.54) is 6.42 Å². The Kier molecular flexibility index (Phi) is 3.97. The summed E-state index contributed by atoms with van der Waals surface area (Å²) in [5.41, 5.74) is 3.18. The molecule has 7 rings (SSSR count). The third-order valence-corrected chi connectivity index (χ3v) is 8.37. The second kappa shape index (κ2) is 6.41. The molecule has 3 saturated carbocycles. The molecule has 0 spiro atoms. The molecule has 4 heteroatoms. The van der Waals surface area contributed by atoms with Gasteiger partial charge in [-0.15, -0.1) is 0 Å². The number of nitrogens with zero attached hydrogens (tertiary/aromatic N) is 1. The van der Waals surface area contributed by atoms with Gasteiger partial charge in [0.2, 0.25) is 0 Å². The van der Waals surface area contributed by atoms with Crippen molar-refractivity contribution in [3.63, 3.8) is 0 Å². The van der Waals surface area contributed by atoms with Crippen LogP contribution in [0.4, 0.5) is 0 Å². The topological polar surface area (TPSA) is 40.0 Å². The maximum absolute atomic E-state index is 6.84. The molecular formula is C26H29NO3. The summed E-state index contributed by atoms with van der Waals surface area (Å²) in [4.78, 5) is 6.02. The normalized spacial score (nSPS) is 40.8. The Hall–Kier alpha value is -2.17. The van der Waals surface area contributed by atoms with Crippen molar-refractivity contribution in [1.29, 1.82) is 0 Å². The second-order valence-corrected chi connectivity index (χ2v) is 10.1. The molecule has 7 atom stereocenters. The first-order valence-corrected chi connectivity index (χ1v) is 11.2. The van der Waals surface area contributed by atoms with E-state index >= 15 is 0 Å². The monoisotopic (exact) mass is 403 g/mol. The molecule has 0 aromatic heterocycles. The zero-order valence-corrected chi connectivity index (χ0v) is 17.8. The Morgan fingerprint density at radius 2 is 1.60 bits per heavy atom. The first-order chi connectivity index (χ1) is 14.5. The van der Waals surface area contributed by atoms with Crippen molar-refractivity contribution in [3.05, 3.63) is 71.8 Å². The third kappa shape index (κ3) is 2.50. The molecule has 2 heterocycles. The van der Waals surface area contributed by atoms with Crippen molar-refractivity contribution in [2.75, 3.05) is 0 Å². The molecule has 4 nitrogen and oxygen atoms in total. The fourth-order valence-corrected chi connectivity index (χ4v) is 6.47. The maximum atomic E-state index is 6.84. The summed E-state index contributed by atoms with van der Waals surface area (Å²) in [6.45, 7) is 7.06. The van der Waals surface area contributed by atoms with Crippen LogP contribution in [0.15, 0.2) is 65.8 Å². The second-order valence-electron chi connectivity index (χ2n) is 10.1. The summed E-state index contributed by atoms with van der Waals surface area (Å²) >= 11 is 0. The van der Waals surface area contributed by atoms with Crippen LogP contribution in [0, 0.1) is 23.2 Å². The van der Waals surface area contributed by atoms with Crippen LogP contribution in [0.2, 0.25) is 0 Å². The molecule has 2 aliphatic heterocycles. The van der Waals surface area contributed by atoms with E-state index in [0.29, 0.717) is 11.3 Å². The summed E-state index contributed by atoms with van der Waals surface area (Å²) in [7, 11) is 0. The largest absolute Gasteiger partial charge is 0.386 e. The van der Waals surface area contributed by atoms with Crippen molar-refractivity contribution in [1.82, 2.24) is 0 Å². The smallest absolute Gasteiger partial charge is 0.171 e.